The summed E-state index contributed by atoms with van der Waals surface area (Å²) in [6.45, 7) is 10.8. The largest absolute Gasteiger partial charge is 0.378 e. The van der Waals surface area contributed by atoms with Crippen LogP contribution in [-0.4, -0.2) is 18.8 Å². The Morgan fingerprint density at radius 2 is 2.05 bits per heavy atom. The quantitative estimate of drug-likeness (QED) is 0.816. The number of aryl methyl sites for hydroxylation is 1. The maximum absolute atomic E-state index is 5.85. The van der Waals surface area contributed by atoms with E-state index in [1.807, 2.05) is 11.3 Å². The Kier molecular flexibility index (Phi) is 5.04. The Bertz CT molecular complexity index is 403. The average Bonchev–Trinajstić information content (AvgIpc) is 2.88. The molecular weight excluding hydrogens is 254 g/mol. The lowest BCUT2D eigenvalue weighted by Gasteiger charge is -2.53. The summed E-state index contributed by atoms with van der Waals surface area (Å²) in [7, 11) is 0. The van der Waals surface area contributed by atoms with Gasteiger partial charge in [0.2, 0.25) is 0 Å². The minimum atomic E-state index is 0.306. The van der Waals surface area contributed by atoms with Crippen LogP contribution in [0.1, 0.15) is 50.3 Å². The molecule has 3 atom stereocenters. The van der Waals surface area contributed by atoms with E-state index in [0.29, 0.717) is 17.6 Å². The monoisotopic (exact) mass is 281 g/mol. The van der Waals surface area contributed by atoms with Crippen LogP contribution in [0, 0.1) is 5.41 Å². The van der Waals surface area contributed by atoms with E-state index in [0.717, 1.165) is 26.0 Å². The molecule has 0 saturated heterocycles. The molecule has 0 aromatic carbocycles. The molecule has 2 nitrogen and oxygen atoms in total. The highest BCUT2D eigenvalue weighted by atomic mass is 32.1. The van der Waals surface area contributed by atoms with Crippen molar-refractivity contribution in [2.75, 3.05) is 6.61 Å². The van der Waals surface area contributed by atoms with Gasteiger partial charge in [-0.1, -0.05) is 20.8 Å². The van der Waals surface area contributed by atoms with Crippen LogP contribution in [0.5, 0.6) is 0 Å². The molecule has 0 radical (unpaired) electrons. The van der Waals surface area contributed by atoms with Crippen molar-refractivity contribution in [1.29, 1.82) is 0 Å². The normalized spacial score (nSPS) is 30.3. The maximum Gasteiger partial charge on any atom is 0.0658 e. The van der Waals surface area contributed by atoms with Crippen molar-refractivity contribution in [3.63, 3.8) is 0 Å². The third-order valence-electron chi connectivity index (χ3n) is 4.70. The molecular formula is C16H27NOS. The lowest BCUT2D eigenvalue weighted by Crippen LogP contribution is -2.61. The van der Waals surface area contributed by atoms with Crippen LogP contribution >= 0.6 is 11.3 Å². The fraction of sp³-hybridized carbons (Fsp3) is 0.750. The summed E-state index contributed by atoms with van der Waals surface area (Å²) in [6.07, 6.45) is 3.92. The highest BCUT2D eigenvalue weighted by molar-refractivity contribution is 7.11. The van der Waals surface area contributed by atoms with E-state index in [-0.39, 0.29) is 0 Å². The van der Waals surface area contributed by atoms with Crippen LogP contribution < -0.4 is 5.32 Å². The summed E-state index contributed by atoms with van der Waals surface area (Å²) in [5, 5.41) is 3.73. The molecule has 2 rings (SSSR count). The molecule has 1 aromatic heterocycles. The molecule has 1 aliphatic carbocycles. The Morgan fingerprint density at radius 3 is 2.63 bits per heavy atom. The van der Waals surface area contributed by atoms with Gasteiger partial charge in [-0.15, -0.1) is 11.3 Å². The number of thiophene rings is 1. The zero-order valence-corrected chi connectivity index (χ0v) is 13.5. The van der Waals surface area contributed by atoms with E-state index < -0.39 is 0 Å². The van der Waals surface area contributed by atoms with Gasteiger partial charge in [0.1, 0.15) is 0 Å². The van der Waals surface area contributed by atoms with Gasteiger partial charge in [0.25, 0.3) is 0 Å². The fourth-order valence-electron chi connectivity index (χ4n) is 3.00. The first-order valence-electron chi connectivity index (χ1n) is 7.56. The second-order valence-electron chi connectivity index (χ2n) is 5.69. The summed E-state index contributed by atoms with van der Waals surface area (Å²) in [5.74, 6) is 0. The molecule has 0 spiro atoms. The first-order chi connectivity index (χ1) is 9.13. The predicted molar refractivity (Wildman–Crippen MR) is 82.8 cm³/mol. The van der Waals surface area contributed by atoms with E-state index >= 15 is 0 Å². The molecule has 1 saturated carbocycles. The van der Waals surface area contributed by atoms with Crippen LogP contribution in [0.15, 0.2) is 12.1 Å². The lowest BCUT2D eigenvalue weighted by atomic mass is 9.61. The van der Waals surface area contributed by atoms with E-state index in [2.05, 4.69) is 45.1 Å². The molecule has 1 aliphatic rings. The number of ether oxygens (including phenoxy) is 1. The van der Waals surface area contributed by atoms with Gasteiger partial charge < -0.3 is 10.1 Å². The van der Waals surface area contributed by atoms with Gasteiger partial charge in [-0.05, 0) is 38.3 Å². The molecule has 1 fully saturated rings. The zero-order chi connectivity index (χ0) is 13.9. The highest BCUT2D eigenvalue weighted by Crippen LogP contribution is 2.46. The maximum atomic E-state index is 5.85. The van der Waals surface area contributed by atoms with E-state index in [4.69, 9.17) is 4.74 Å². The zero-order valence-electron chi connectivity index (χ0n) is 12.7. The fourth-order valence-corrected chi connectivity index (χ4v) is 3.91. The topological polar surface area (TPSA) is 21.3 Å². The molecule has 0 bridgehead atoms. The summed E-state index contributed by atoms with van der Waals surface area (Å²) in [5.41, 5.74) is 0.306. The third kappa shape index (κ3) is 3.04. The summed E-state index contributed by atoms with van der Waals surface area (Å²) in [4.78, 5) is 2.94. The van der Waals surface area contributed by atoms with Gasteiger partial charge in [-0.3, -0.25) is 0 Å². The Labute approximate surface area is 121 Å². The molecule has 1 N–H and O–H groups in total. The number of nitrogens with one attached hydrogen (secondary N) is 1. The molecule has 3 unspecified atom stereocenters. The Morgan fingerprint density at radius 1 is 1.32 bits per heavy atom. The summed E-state index contributed by atoms with van der Waals surface area (Å²) >= 11 is 1.93. The molecule has 0 amide bonds. The van der Waals surface area contributed by atoms with Crippen molar-refractivity contribution in [3.8, 4) is 0 Å². The Balaban J connectivity index is 1.86. The number of rotatable bonds is 7. The molecule has 3 heteroatoms. The SMILES string of the molecule is CCOC1CC(NCc2ccc(CC)s2)C1(C)CC. The molecule has 1 aromatic rings. The minimum absolute atomic E-state index is 0.306. The minimum Gasteiger partial charge on any atom is -0.378 e. The van der Waals surface area contributed by atoms with Crippen molar-refractivity contribution in [1.82, 2.24) is 5.32 Å². The van der Waals surface area contributed by atoms with Crippen LogP contribution in [-0.2, 0) is 17.7 Å². The van der Waals surface area contributed by atoms with E-state index in [9.17, 15) is 0 Å². The third-order valence-corrected chi connectivity index (χ3v) is 5.93. The van der Waals surface area contributed by atoms with Gasteiger partial charge in [-0.2, -0.15) is 0 Å². The molecule has 19 heavy (non-hydrogen) atoms. The number of hydrogen-bond donors (Lipinski definition) is 1. The van der Waals surface area contributed by atoms with Crippen LogP contribution in [0.3, 0.4) is 0 Å². The van der Waals surface area contributed by atoms with Crippen LogP contribution in [0.25, 0.3) is 0 Å². The molecule has 1 heterocycles. The van der Waals surface area contributed by atoms with Crippen molar-refractivity contribution in [2.24, 2.45) is 5.41 Å². The second-order valence-corrected chi connectivity index (χ2v) is 6.95. The van der Waals surface area contributed by atoms with E-state index in [1.54, 1.807) is 0 Å². The predicted octanol–water partition coefficient (Wildman–Crippen LogP) is 3.99. The standard InChI is InChI=1S/C16H27NOS/c1-5-12-8-9-13(19-12)11-17-14-10-15(18-7-3)16(14,4)6-2/h8-9,14-15,17H,5-7,10-11H2,1-4H3. The van der Waals surface area contributed by atoms with Crippen molar-refractivity contribution in [2.45, 2.75) is 65.6 Å². The lowest BCUT2D eigenvalue weighted by molar-refractivity contribution is -0.126. The van der Waals surface area contributed by atoms with Gasteiger partial charge in [0, 0.05) is 34.4 Å². The number of hydrogen-bond acceptors (Lipinski definition) is 3. The van der Waals surface area contributed by atoms with Gasteiger partial charge in [0.05, 0.1) is 6.10 Å². The first kappa shape index (κ1) is 15.0. The van der Waals surface area contributed by atoms with Crippen molar-refractivity contribution < 1.29 is 4.74 Å². The summed E-state index contributed by atoms with van der Waals surface area (Å²) in [6, 6.07) is 5.12. The smallest absolute Gasteiger partial charge is 0.0658 e. The first-order valence-corrected chi connectivity index (χ1v) is 8.38. The van der Waals surface area contributed by atoms with Gasteiger partial charge in [0.15, 0.2) is 0 Å². The van der Waals surface area contributed by atoms with Crippen molar-refractivity contribution >= 4 is 11.3 Å². The highest BCUT2D eigenvalue weighted by Gasteiger charge is 2.50. The van der Waals surface area contributed by atoms with Crippen molar-refractivity contribution in [3.05, 3.63) is 21.9 Å². The van der Waals surface area contributed by atoms with Gasteiger partial charge >= 0.3 is 0 Å². The van der Waals surface area contributed by atoms with E-state index in [1.165, 1.54) is 16.2 Å². The average molecular weight is 281 g/mol. The van der Waals surface area contributed by atoms with Crippen LogP contribution in [0.4, 0.5) is 0 Å². The summed E-state index contributed by atoms with van der Waals surface area (Å²) < 4.78 is 5.85. The molecule has 108 valence electrons. The Hall–Kier alpha value is -0.380. The second kappa shape index (κ2) is 6.38. The van der Waals surface area contributed by atoms with Gasteiger partial charge in [-0.25, -0.2) is 0 Å². The van der Waals surface area contributed by atoms with Crippen LogP contribution in [0.2, 0.25) is 0 Å². The molecule has 0 aliphatic heterocycles.